The monoisotopic (exact) mass is 513 g/mol. The number of aromatic amines is 1. The summed E-state index contributed by atoms with van der Waals surface area (Å²) in [7, 11) is -2.21. The molecule has 0 radical (unpaired) electrons. The van der Waals surface area contributed by atoms with Crippen molar-refractivity contribution in [2.24, 2.45) is 0 Å². The Morgan fingerprint density at radius 3 is 2.78 bits per heavy atom. The normalized spacial score (nSPS) is 11.4. The summed E-state index contributed by atoms with van der Waals surface area (Å²) in [6.45, 7) is 2.55. The van der Waals surface area contributed by atoms with E-state index in [2.05, 4.69) is 35.9 Å². The summed E-state index contributed by atoms with van der Waals surface area (Å²) in [6.07, 6.45) is 5.80. The van der Waals surface area contributed by atoms with Gasteiger partial charge in [-0.05, 0) is 30.7 Å². The van der Waals surface area contributed by atoms with Gasteiger partial charge in [0.05, 0.1) is 23.5 Å². The van der Waals surface area contributed by atoms with E-state index in [4.69, 9.17) is 4.74 Å². The van der Waals surface area contributed by atoms with Crippen LogP contribution in [0.2, 0.25) is 0 Å². The summed E-state index contributed by atoms with van der Waals surface area (Å²) in [4.78, 5) is 27.9. The number of aromatic nitrogens is 4. The number of benzene rings is 1. The first-order valence-corrected chi connectivity index (χ1v) is 12.7. The summed E-state index contributed by atoms with van der Waals surface area (Å²) in [6, 6.07) is 5.38. The second-order valence-corrected chi connectivity index (χ2v) is 9.88. The maximum absolute atomic E-state index is 14.8. The summed E-state index contributed by atoms with van der Waals surface area (Å²) in [5.41, 5.74) is 2.54. The highest BCUT2D eigenvalue weighted by atomic mass is 32.2. The van der Waals surface area contributed by atoms with Gasteiger partial charge in [-0.25, -0.2) is 32.6 Å². The Kier molecular flexibility index (Phi) is 7.12. The van der Waals surface area contributed by atoms with Gasteiger partial charge in [0, 0.05) is 49.5 Å². The minimum atomic E-state index is -3.75. The van der Waals surface area contributed by atoms with Crippen LogP contribution in [0.15, 0.2) is 47.8 Å². The van der Waals surface area contributed by atoms with E-state index in [0.717, 1.165) is 17.2 Å². The number of pyridine rings is 1. The van der Waals surface area contributed by atoms with Gasteiger partial charge in [0.15, 0.2) is 21.5 Å². The quantitative estimate of drug-likeness (QED) is 0.262. The van der Waals surface area contributed by atoms with Gasteiger partial charge < -0.3 is 20.4 Å². The number of H-pyrrole nitrogens is 1. The third-order valence-corrected chi connectivity index (χ3v) is 6.38. The number of nitrogens with one attached hydrogen (secondary N) is 4. The van der Waals surface area contributed by atoms with Gasteiger partial charge >= 0.3 is 6.03 Å². The van der Waals surface area contributed by atoms with E-state index in [1.807, 2.05) is 6.92 Å². The molecule has 0 fully saturated rings. The van der Waals surface area contributed by atoms with Gasteiger partial charge in [-0.15, -0.1) is 0 Å². The number of carbonyl (C=O) groups excluding carboxylic acids is 1. The van der Waals surface area contributed by atoms with E-state index >= 15 is 0 Å². The molecule has 0 saturated heterocycles. The van der Waals surface area contributed by atoms with Gasteiger partial charge in [-0.1, -0.05) is 6.07 Å². The van der Waals surface area contributed by atoms with Gasteiger partial charge in [-0.2, -0.15) is 0 Å². The highest BCUT2D eigenvalue weighted by Gasteiger charge is 2.19. The molecule has 0 bridgehead atoms. The Bertz CT molecular complexity index is 1540. The van der Waals surface area contributed by atoms with Crippen LogP contribution in [0.25, 0.3) is 22.2 Å². The van der Waals surface area contributed by atoms with Crippen molar-refractivity contribution in [3.05, 3.63) is 54.2 Å². The largest absolute Gasteiger partial charge is 0.383 e. The average Bonchev–Trinajstić information content (AvgIpc) is 3.26. The number of halogens is 1. The van der Waals surface area contributed by atoms with Crippen LogP contribution in [-0.4, -0.2) is 60.9 Å². The molecule has 0 aliphatic heterocycles. The zero-order valence-electron chi connectivity index (χ0n) is 19.7. The van der Waals surface area contributed by atoms with Crippen LogP contribution in [0.5, 0.6) is 0 Å². The van der Waals surface area contributed by atoms with E-state index in [0.29, 0.717) is 35.7 Å². The van der Waals surface area contributed by atoms with E-state index in [9.17, 15) is 17.6 Å². The fourth-order valence-electron chi connectivity index (χ4n) is 3.55. The number of carbonyl (C=O) groups is 1. The number of hydrogen-bond donors (Lipinski definition) is 4. The number of fused-ring (bicyclic) bond motifs is 1. The average molecular weight is 514 g/mol. The van der Waals surface area contributed by atoms with Crippen LogP contribution in [0.3, 0.4) is 0 Å². The Hall–Kier alpha value is -4.10. The van der Waals surface area contributed by atoms with Crippen molar-refractivity contribution >= 4 is 44.2 Å². The Balaban J connectivity index is 1.66. The van der Waals surface area contributed by atoms with Gasteiger partial charge in [0.25, 0.3) is 0 Å². The number of methoxy groups -OCH3 is 1. The molecular weight excluding hydrogens is 489 g/mol. The molecule has 0 spiro atoms. The first kappa shape index (κ1) is 25.0. The van der Waals surface area contributed by atoms with Crippen molar-refractivity contribution in [3.63, 3.8) is 0 Å². The number of urea groups is 1. The molecule has 36 heavy (non-hydrogen) atoms. The Morgan fingerprint density at radius 2 is 2.03 bits per heavy atom. The molecule has 188 valence electrons. The number of anilines is 3. The van der Waals surface area contributed by atoms with Gasteiger partial charge in [0.1, 0.15) is 4.90 Å². The SMILES string of the molecule is COCCNC(=O)Nc1nccc2c(-c3nc(Nc4cccc(S(C)(=O)=O)c4F)ncc3C)c[nH]c12. The standard InChI is InChI=1S/C23H24FN7O4S/c1-13-11-28-22(29-16-5-4-6-17(18(16)24)36(3,33)34)30-19(13)15-12-27-20-14(15)7-8-25-21(20)31-23(32)26-9-10-35-2/h4-8,11-12,27H,9-10H2,1-3H3,(H,28,29,30)(H2,25,26,31,32). The lowest BCUT2D eigenvalue weighted by Crippen LogP contribution is -2.31. The molecule has 4 rings (SSSR count). The summed E-state index contributed by atoms with van der Waals surface area (Å²) in [5, 5.41) is 8.88. The van der Waals surface area contributed by atoms with Crippen LogP contribution in [-0.2, 0) is 14.6 Å². The van der Waals surface area contributed by atoms with Crippen molar-refractivity contribution in [1.82, 2.24) is 25.3 Å². The number of hydrogen-bond acceptors (Lipinski definition) is 8. The summed E-state index contributed by atoms with van der Waals surface area (Å²) in [5.74, 6) is -0.499. The zero-order valence-corrected chi connectivity index (χ0v) is 20.5. The van der Waals surface area contributed by atoms with E-state index in [1.54, 1.807) is 31.8 Å². The van der Waals surface area contributed by atoms with Crippen molar-refractivity contribution in [1.29, 1.82) is 0 Å². The molecular formula is C23H24FN7O4S. The van der Waals surface area contributed by atoms with Crippen LogP contribution in [0.4, 0.5) is 26.6 Å². The van der Waals surface area contributed by atoms with E-state index in [1.165, 1.54) is 18.2 Å². The minimum absolute atomic E-state index is 0.0678. The number of aryl methyl sites for hydroxylation is 1. The lowest BCUT2D eigenvalue weighted by molar-refractivity contribution is 0.198. The third kappa shape index (κ3) is 5.26. The lowest BCUT2D eigenvalue weighted by atomic mass is 10.1. The molecule has 0 unspecified atom stereocenters. The number of ether oxygens (including phenoxy) is 1. The van der Waals surface area contributed by atoms with Crippen LogP contribution in [0.1, 0.15) is 5.56 Å². The molecule has 4 N–H and O–H groups in total. The Labute approximate surface area is 206 Å². The molecule has 0 aliphatic rings. The first-order valence-electron chi connectivity index (χ1n) is 10.8. The molecule has 0 aliphatic carbocycles. The van der Waals surface area contributed by atoms with Crippen LogP contribution < -0.4 is 16.0 Å². The highest BCUT2D eigenvalue weighted by Crippen LogP contribution is 2.33. The van der Waals surface area contributed by atoms with Gasteiger partial charge in [-0.3, -0.25) is 5.32 Å². The van der Waals surface area contributed by atoms with E-state index < -0.39 is 26.6 Å². The molecule has 1 aromatic carbocycles. The molecule has 0 atom stereocenters. The van der Waals surface area contributed by atoms with Crippen LogP contribution >= 0.6 is 0 Å². The lowest BCUT2D eigenvalue weighted by Gasteiger charge is -2.11. The fraction of sp³-hybridized carbons (Fsp3) is 0.217. The maximum atomic E-state index is 14.8. The highest BCUT2D eigenvalue weighted by molar-refractivity contribution is 7.90. The minimum Gasteiger partial charge on any atom is -0.383 e. The number of rotatable bonds is 8. The predicted molar refractivity (Wildman–Crippen MR) is 134 cm³/mol. The molecule has 4 aromatic rings. The topological polar surface area (TPSA) is 151 Å². The first-order chi connectivity index (χ1) is 17.2. The van der Waals surface area contributed by atoms with Crippen molar-refractivity contribution < 1.29 is 22.3 Å². The van der Waals surface area contributed by atoms with Crippen molar-refractivity contribution in [2.45, 2.75) is 11.8 Å². The van der Waals surface area contributed by atoms with Crippen molar-refractivity contribution in [3.8, 4) is 11.3 Å². The van der Waals surface area contributed by atoms with E-state index in [-0.39, 0.29) is 11.6 Å². The molecule has 0 saturated carbocycles. The number of sulfone groups is 1. The molecule has 2 amide bonds. The molecule has 3 heterocycles. The van der Waals surface area contributed by atoms with Crippen LogP contribution in [0, 0.1) is 12.7 Å². The summed E-state index contributed by atoms with van der Waals surface area (Å²) >= 11 is 0. The molecule has 3 aromatic heterocycles. The molecule has 13 heteroatoms. The number of nitrogens with zero attached hydrogens (tertiary/aromatic N) is 3. The second-order valence-electron chi connectivity index (χ2n) is 7.90. The zero-order chi connectivity index (χ0) is 25.9. The fourth-order valence-corrected chi connectivity index (χ4v) is 4.31. The predicted octanol–water partition coefficient (Wildman–Crippen LogP) is 3.38. The third-order valence-electron chi connectivity index (χ3n) is 5.26. The smallest absolute Gasteiger partial charge is 0.320 e. The van der Waals surface area contributed by atoms with Gasteiger partial charge in [0.2, 0.25) is 5.95 Å². The Morgan fingerprint density at radius 1 is 1.22 bits per heavy atom. The maximum Gasteiger partial charge on any atom is 0.320 e. The van der Waals surface area contributed by atoms with Crippen molar-refractivity contribution in [2.75, 3.05) is 37.2 Å². The number of amides is 2. The molecule has 11 nitrogen and oxygen atoms in total. The second kappa shape index (κ2) is 10.3. The summed E-state index contributed by atoms with van der Waals surface area (Å²) < 4.78 is 43.4.